The largest absolute Gasteiger partial charge is 0.454 e. The van der Waals surface area contributed by atoms with Gasteiger partial charge in [0.2, 0.25) is 5.91 Å². The number of aromatic nitrogens is 2. The summed E-state index contributed by atoms with van der Waals surface area (Å²) < 4.78 is 22.8. The van der Waals surface area contributed by atoms with Crippen LogP contribution in [0.4, 0.5) is 15.8 Å². The van der Waals surface area contributed by atoms with Crippen LogP contribution in [0.15, 0.2) is 70.4 Å². The minimum atomic E-state index is -0.461. The van der Waals surface area contributed by atoms with Crippen molar-refractivity contribution in [2.45, 2.75) is 32.7 Å². The number of anilines is 2. The molecule has 1 saturated heterocycles. The van der Waals surface area contributed by atoms with Gasteiger partial charge in [-0.2, -0.15) is 0 Å². The number of rotatable bonds is 6. The Bertz CT molecular complexity index is 1990. The van der Waals surface area contributed by atoms with Crippen LogP contribution in [0.3, 0.4) is 0 Å². The van der Waals surface area contributed by atoms with Gasteiger partial charge in [0.25, 0.3) is 5.56 Å². The van der Waals surface area contributed by atoms with Crippen LogP contribution in [0.25, 0.3) is 38.8 Å². The maximum atomic E-state index is 15.1. The quantitative estimate of drug-likeness (QED) is 0.155. The van der Waals surface area contributed by atoms with Crippen molar-refractivity contribution in [1.29, 1.82) is 5.41 Å². The average Bonchev–Trinajstić information content (AvgIpc) is 3.37. The smallest absolute Gasteiger partial charge is 0.282 e. The Kier molecular flexibility index (Phi) is 7.00. The fourth-order valence-corrected chi connectivity index (χ4v) is 6.17. The van der Waals surface area contributed by atoms with Crippen LogP contribution in [0.5, 0.6) is 0 Å². The molecule has 10 heteroatoms. The van der Waals surface area contributed by atoms with E-state index in [0.717, 1.165) is 11.9 Å². The number of pyridine rings is 2. The first-order valence-electron chi connectivity index (χ1n) is 14.3. The number of hydrogen-bond donors (Lipinski definition) is 1. The number of carbonyl (C=O) groups excluding carboxylic acids is 1. The highest BCUT2D eigenvalue weighted by atomic mass is 19.1. The van der Waals surface area contributed by atoms with E-state index in [4.69, 9.17) is 14.8 Å². The maximum Gasteiger partial charge on any atom is 0.282 e. The predicted octanol–water partition coefficient (Wildman–Crippen LogP) is 5.81. The Morgan fingerprint density at radius 3 is 2.65 bits per heavy atom. The first-order chi connectivity index (χ1) is 20.7. The lowest BCUT2D eigenvalue weighted by Crippen LogP contribution is -2.54. The van der Waals surface area contributed by atoms with Gasteiger partial charge >= 0.3 is 0 Å². The normalized spacial score (nSPS) is 15.5. The third kappa shape index (κ3) is 4.45. The van der Waals surface area contributed by atoms with Gasteiger partial charge in [0.1, 0.15) is 22.6 Å². The standard InChI is InChI=1S/C33H33FN6O3/c1-6-27(41)39-15-14-38(17-20(39)4)30-22-16-26-29(28-23(34)11-9-13-25(28)43-26)36-32(22)40(33(42)31(30)37(5)18-35)24-12-8-7-10-21(24)19(2)3/h6-13,16,18-20,35H,1,14-15,17H2,2-5H3. The monoisotopic (exact) mass is 580 g/mol. The number of amides is 1. The van der Waals surface area contributed by atoms with Crippen LogP contribution in [0, 0.1) is 11.2 Å². The Balaban J connectivity index is 1.75. The van der Waals surface area contributed by atoms with Gasteiger partial charge in [-0.1, -0.05) is 44.7 Å². The van der Waals surface area contributed by atoms with Crippen molar-refractivity contribution >= 4 is 56.7 Å². The molecule has 2 aromatic carbocycles. The first-order valence-corrected chi connectivity index (χ1v) is 14.3. The van der Waals surface area contributed by atoms with E-state index in [2.05, 4.69) is 25.3 Å². The molecule has 1 aliphatic rings. The second kappa shape index (κ2) is 10.7. The molecular formula is C33H33FN6O3. The number of hydrogen-bond acceptors (Lipinski definition) is 6. The van der Waals surface area contributed by atoms with Crippen LogP contribution in [-0.2, 0) is 4.79 Å². The molecule has 1 fully saturated rings. The van der Waals surface area contributed by atoms with Crippen LogP contribution in [0.2, 0.25) is 0 Å². The van der Waals surface area contributed by atoms with Crippen molar-refractivity contribution in [3.63, 3.8) is 0 Å². The number of fused-ring (bicyclic) bond motifs is 4. The van der Waals surface area contributed by atoms with E-state index in [9.17, 15) is 9.59 Å². The third-order valence-electron chi connectivity index (χ3n) is 8.24. The fourth-order valence-electron chi connectivity index (χ4n) is 6.17. The summed E-state index contributed by atoms with van der Waals surface area (Å²) in [6.07, 6.45) is 2.42. The summed E-state index contributed by atoms with van der Waals surface area (Å²) >= 11 is 0. The summed E-state index contributed by atoms with van der Waals surface area (Å²) in [7, 11) is 1.67. The van der Waals surface area contributed by atoms with E-state index in [0.29, 0.717) is 64.4 Å². The zero-order chi connectivity index (χ0) is 30.6. The number of furan rings is 1. The van der Waals surface area contributed by atoms with Gasteiger partial charge in [-0.3, -0.25) is 19.6 Å². The molecule has 1 unspecified atom stereocenters. The lowest BCUT2D eigenvalue weighted by Gasteiger charge is -2.42. The zero-order valence-corrected chi connectivity index (χ0v) is 24.6. The maximum absolute atomic E-state index is 15.1. The summed E-state index contributed by atoms with van der Waals surface area (Å²) in [5.41, 5.74) is 3.53. The number of piperazine rings is 1. The molecule has 0 bridgehead atoms. The molecule has 3 aromatic heterocycles. The molecule has 4 heterocycles. The number of halogens is 1. The van der Waals surface area contributed by atoms with E-state index in [1.54, 1.807) is 28.6 Å². The Labute approximate surface area is 247 Å². The third-order valence-corrected chi connectivity index (χ3v) is 8.24. The lowest BCUT2D eigenvalue weighted by molar-refractivity contribution is -0.128. The molecule has 1 aliphatic heterocycles. The van der Waals surface area contributed by atoms with Crippen molar-refractivity contribution in [2.75, 3.05) is 36.5 Å². The van der Waals surface area contributed by atoms with Crippen LogP contribution in [-0.4, -0.2) is 59.4 Å². The van der Waals surface area contributed by atoms with Crippen molar-refractivity contribution in [2.24, 2.45) is 0 Å². The number of nitrogens with one attached hydrogen (secondary N) is 1. The summed E-state index contributed by atoms with van der Waals surface area (Å²) in [6, 6.07) is 13.9. The van der Waals surface area contributed by atoms with Gasteiger partial charge < -0.3 is 19.1 Å². The molecule has 0 radical (unpaired) electrons. The van der Waals surface area contributed by atoms with Gasteiger partial charge in [-0.15, -0.1) is 0 Å². The van der Waals surface area contributed by atoms with E-state index in [1.165, 1.54) is 17.0 Å². The van der Waals surface area contributed by atoms with E-state index < -0.39 is 5.82 Å². The highest BCUT2D eigenvalue weighted by Crippen LogP contribution is 2.40. The molecule has 43 heavy (non-hydrogen) atoms. The molecule has 0 spiro atoms. The van der Waals surface area contributed by atoms with Gasteiger partial charge in [0.05, 0.1) is 23.1 Å². The van der Waals surface area contributed by atoms with Crippen molar-refractivity contribution in [3.8, 4) is 5.69 Å². The summed E-state index contributed by atoms with van der Waals surface area (Å²) in [6.45, 7) is 11.0. The summed E-state index contributed by atoms with van der Waals surface area (Å²) in [5, 5.41) is 8.99. The highest BCUT2D eigenvalue weighted by molar-refractivity contribution is 6.10. The number of nitrogens with zero attached hydrogens (tertiary/aromatic N) is 5. The molecular weight excluding hydrogens is 547 g/mol. The topological polar surface area (TPSA) is 98.7 Å². The molecule has 9 nitrogen and oxygen atoms in total. The minimum absolute atomic E-state index is 0.0917. The minimum Gasteiger partial charge on any atom is -0.454 e. The Morgan fingerprint density at radius 2 is 1.95 bits per heavy atom. The number of benzene rings is 2. The Morgan fingerprint density at radius 1 is 1.19 bits per heavy atom. The van der Waals surface area contributed by atoms with Gasteiger partial charge in [0.15, 0.2) is 11.2 Å². The lowest BCUT2D eigenvalue weighted by atomic mass is 10.0. The molecule has 220 valence electrons. The van der Waals surface area contributed by atoms with Gasteiger partial charge in [-0.25, -0.2) is 9.37 Å². The van der Waals surface area contributed by atoms with Gasteiger partial charge in [-0.05, 0) is 48.7 Å². The molecule has 1 amide bonds. The molecule has 0 saturated carbocycles. The van der Waals surface area contributed by atoms with E-state index in [1.807, 2.05) is 37.3 Å². The highest BCUT2D eigenvalue weighted by Gasteiger charge is 2.32. The molecule has 0 aliphatic carbocycles. The van der Waals surface area contributed by atoms with Crippen LogP contribution < -0.4 is 15.4 Å². The SMILES string of the molecule is C=CC(=O)N1CCN(c2c(N(C)C=N)c(=O)n(-c3ccccc3C(C)C)c3nc4c(cc23)oc2cccc(F)c24)CC1C. The van der Waals surface area contributed by atoms with Crippen molar-refractivity contribution in [1.82, 2.24) is 14.5 Å². The second-order valence-electron chi connectivity index (χ2n) is 11.2. The van der Waals surface area contributed by atoms with Crippen molar-refractivity contribution < 1.29 is 13.6 Å². The predicted molar refractivity (Wildman–Crippen MR) is 169 cm³/mol. The summed E-state index contributed by atoms with van der Waals surface area (Å²) in [5.74, 6) is -0.520. The van der Waals surface area contributed by atoms with E-state index in [-0.39, 0.29) is 28.8 Å². The van der Waals surface area contributed by atoms with Crippen LogP contribution in [0.1, 0.15) is 32.3 Å². The molecule has 6 rings (SSSR count). The number of para-hydroxylation sites is 1. The Hall–Kier alpha value is -4.99. The molecule has 5 aromatic rings. The van der Waals surface area contributed by atoms with Gasteiger partial charge in [0, 0.05) is 38.1 Å². The average molecular weight is 581 g/mol. The molecule has 1 atom stereocenters. The fraction of sp³-hybridized carbons (Fsp3) is 0.273. The first kappa shape index (κ1) is 28.1. The second-order valence-corrected chi connectivity index (χ2v) is 11.2. The summed E-state index contributed by atoms with van der Waals surface area (Å²) in [4.78, 5) is 37.5. The van der Waals surface area contributed by atoms with Crippen LogP contribution >= 0.6 is 0 Å². The van der Waals surface area contributed by atoms with Crippen molar-refractivity contribution in [3.05, 3.63) is 82.9 Å². The van der Waals surface area contributed by atoms with E-state index >= 15 is 4.39 Å². The number of carbonyl (C=O) groups is 1. The zero-order valence-electron chi connectivity index (χ0n) is 24.6. The molecule has 1 N–H and O–H groups in total.